The minimum absolute atomic E-state index is 0. The predicted molar refractivity (Wildman–Crippen MR) is 282 cm³/mol. The second-order valence-corrected chi connectivity index (χ2v) is 21.0. The van der Waals surface area contributed by atoms with Crippen LogP contribution in [0.1, 0.15) is 37.9 Å². The molecule has 0 N–H and O–H groups in total. The van der Waals surface area contributed by atoms with Crippen molar-refractivity contribution in [2.75, 3.05) is 17.3 Å². The van der Waals surface area contributed by atoms with Crippen LogP contribution in [0, 0.1) is 9.90 Å². The number of aryl methyl sites for hydroxylation is 3. The van der Waals surface area contributed by atoms with Gasteiger partial charge < -0.3 is 31.1 Å². The fourth-order valence-corrected chi connectivity index (χ4v) is 10.5. The van der Waals surface area contributed by atoms with Crippen molar-refractivity contribution < 1.29 is 88.1 Å². The number of aromatic nitrogens is 12. The zero-order valence-electron chi connectivity index (χ0n) is 40.9. The molecule has 0 aliphatic carbocycles. The normalized spacial score (nSPS) is 11.6. The summed E-state index contributed by atoms with van der Waals surface area (Å²) in [5.41, 5.74) is 0.628. The van der Waals surface area contributed by atoms with Crippen molar-refractivity contribution in [3.63, 3.8) is 0 Å². The third kappa shape index (κ3) is 15.8. The molecule has 400 valence electrons. The van der Waals surface area contributed by atoms with E-state index in [4.69, 9.17) is 44.5 Å². The van der Waals surface area contributed by atoms with E-state index in [1.807, 2.05) is 39.0 Å². The van der Waals surface area contributed by atoms with E-state index in [1.54, 1.807) is 111 Å². The molecule has 0 saturated heterocycles. The van der Waals surface area contributed by atoms with Gasteiger partial charge >= 0.3 is 64.4 Å². The summed E-state index contributed by atoms with van der Waals surface area (Å²) in [6.07, 6.45) is -9.99. The van der Waals surface area contributed by atoms with Crippen LogP contribution in [0.4, 0.5) is 39.5 Å². The minimum atomic E-state index is -4.54. The molecule has 0 unspecified atom stereocenters. The van der Waals surface area contributed by atoms with Crippen LogP contribution in [0.25, 0.3) is 67.7 Å². The molecule has 0 fully saturated rings. The van der Waals surface area contributed by atoms with Crippen LogP contribution in [0.5, 0.6) is 0 Å². The van der Waals surface area contributed by atoms with Crippen LogP contribution in [0.3, 0.4) is 0 Å². The fourth-order valence-electron chi connectivity index (χ4n) is 6.95. The molecule has 12 nitrogen and oxygen atoms in total. The van der Waals surface area contributed by atoms with Crippen LogP contribution in [0.2, 0.25) is 15.5 Å². The summed E-state index contributed by atoms with van der Waals surface area (Å²) in [6.45, 7) is 5.99. The second kappa shape index (κ2) is 28.2. The van der Waals surface area contributed by atoms with E-state index in [-0.39, 0.29) is 56.7 Å². The molecule has 0 aromatic carbocycles. The number of halogens is 15. The molecule has 77 heavy (non-hydrogen) atoms. The first-order valence-corrected chi connectivity index (χ1v) is 30.4. The van der Waals surface area contributed by atoms with Crippen molar-refractivity contribution >= 4 is 135 Å². The second-order valence-electron chi connectivity index (χ2n) is 14.9. The van der Waals surface area contributed by atoms with E-state index in [1.165, 1.54) is 6.20 Å². The van der Waals surface area contributed by atoms with Gasteiger partial charge in [-0.25, -0.2) is 34.9 Å². The Kier molecular flexibility index (Phi) is 24.4. The van der Waals surface area contributed by atoms with Gasteiger partial charge in [0.1, 0.15) is 59.0 Å². The largest absolute Gasteiger partial charge is 1.00 e. The number of rotatable bonds is 9. The van der Waals surface area contributed by atoms with Crippen LogP contribution in [-0.4, -0.2) is 75.8 Å². The van der Waals surface area contributed by atoms with E-state index in [9.17, 15) is 39.5 Å². The summed E-state index contributed by atoms with van der Waals surface area (Å²) in [5, 5.41) is 0.883. The molecule has 9 aromatic rings. The molecule has 0 aliphatic heterocycles. The fraction of sp³-hybridized carbons (Fsp3) is 0.267. The van der Waals surface area contributed by atoms with Gasteiger partial charge in [0.05, 0.1) is 22.7 Å². The van der Waals surface area contributed by atoms with Crippen LogP contribution < -0.4 is 31.3 Å². The Balaban J connectivity index is 0.000000242. The van der Waals surface area contributed by atoms with E-state index in [2.05, 4.69) is 51.1 Å². The van der Waals surface area contributed by atoms with E-state index >= 15 is 0 Å². The van der Waals surface area contributed by atoms with Crippen molar-refractivity contribution in [2.45, 2.75) is 54.0 Å². The number of hydrogen-bond acceptors (Lipinski definition) is 12. The van der Waals surface area contributed by atoms with Gasteiger partial charge in [0.15, 0.2) is 11.6 Å². The third-order valence-electron chi connectivity index (χ3n) is 10.1. The molecule has 9 heterocycles. The van der Waals surface area contributed by atoms with Gasteiger partial charge in [-0.15, -0.1) is 41.4 Å². The summed E-state index contributed by atoms with van der Waals surface area (Å²) in [6, 6.07) is 13.3. The van der Waals surface area contributed by atoms with Gasteiger partial charge in [-0.3, -0.25) is 4.98 Å². The SMILES string of the molecule is CCSc1ccc(Cl)nc1-c1nc2cc(C(F)(F)F)n[c-]c2n1C.CCSc1ccc(Cl)nc1-c1nc2cc(C(F)(F)F)nc(I)c2n1C.CCSc1ccc(Cl)nc1-c1nc2cc(C(F)(F)F)ncc2n1C.[Cl-].[Cl][Zn+].[Li+]. The molecular formula is C45H34Cl5F9ILiN12S3Zn. The number of alkyl halides is 9. The van der Waals surface area contributed by atoms with Crippen molar-refractivity contribution in [3.8, 4) is 34.6 Å². The number of thioether (sulfide) groups is 3. The number of fused-ring (bicyclic) bond motifs is 3. The van der Waals surface area contributed by atoms with E-state index in [0.29, 0.717) is 61.4 Å². The summed E-state index contributed by atoms with van der Waals surface area (Å²) in [4.78, 5) is 39.0. The molecule has 32 heteroatoms. The van der Waals surface area contributed by atoms with Crippen LogP contribution in [-0.2, 0) is 57.0 Å². The van der Waals surface area contributed by atoms with Gasteiger partial charge in [0.25, 0.3) is 0 Å². The molecule has 0 amide bonds. The first-order valence-electron chi connectivity index (χ1n) is 21.3. The summed E-state index contributed by atoms with van der Waals surface area (Å²) in [5.74, 6) is 3.77. The Morgan fingerprint density at radius 3 is 1.38 bits per heavy atom. The van der Waals surface area contributed by atoms with Crippen LogP contribution in [0.15, 0.2) is 75.5 Å². The molecule has 0 radical (unpaired) electrons. The number of pyridine rings is 6. The van der Waals surface area contributed by atoms with Crippen molar-refractivity contribution in [1.82, 2.24) is 58.6 Å². The summed E-state index contributed by atoms with van der Waals surface area (Å²) < 4.78 is 121. The van der Waals surface area contributed by atoms with Gasteiger partial charge in [0.2, 0.25) is 0 Å². The minimum Gasteiger partial charge on any atom is 1.00 e. The maximum absolute atomic E-state index is 13.0. The Labute approximate surface area is 507 Å². The zero-order chi connectivity index (χ0) is 55.3. The summed E-state index contributed by atoms with van der Waals surface area (Å²) in [7, 11) is 9.88. The average Bonchev–Trinajstić information content (AvgIpc) is 4.00. The van der Waals surface area contributed by atoms with Gasteiger partial charge in [0, 0.05) is 41.5 Å². The summed E-state index contributed by atoms with van der Waals surface area (Å²) >= 11 is 25.3. The molecule has 0 saturated carbocycles. The number of hydrogen-bond donors (Lipinski definition) is 0. The van der Waals surface area contributed by atoms with E-state index in [0.717, 1.165) is 67.5 Å². The van der Waals surface area contributed by atoms with Gasteiger partial charge in [-0.05, 0) is 99.4 Å². The molecule has 9 rings (SSSR count). The molecular weight excluding hydrogens is 1350 g/mol. The predicted octanol–water partition coefficient (Wildman–Crippen LogP) is 9.54. The maximum Gasteiger partial charge on any atom is 1.00 e. The smallest absolute Gasteiger partial charge is 1.00 e. The first kappa shape index (κ1) is 66.6. The molecule has 0 atom stereocenters. The molecule has 0 spiro atoms. The quantitative estimate of drug-likeness (QED) is 0.0341. The number of imidazole rings is 3. The Morgan fingerprint density at radius 1 is 0.545 bits per heavy atom. The monoisotopic (exact) mass is 1380 g/mol. The number of nitrogens with zero attached hydrogens (tertiary/aromatic N) is 12. The van der Waals surface area contributed by atoms with Crippen molar-refractivity contribution in [1.29, 1.82) is 0 Å². The molecule has 0 bridgehead atoms. The van der Waals surface area contributed by atoms with Gasteiger partial charge in [-0.2, -0.15) is 39.5 Å². The average molecular weight is 1390 g/mol. The standard InChI is InChI=1S/C15H11ClF3IN4S.C15H12ClF3N4S.C15H11ClF3N4S.2ClH.Li.Zn/c1-3-25-8-4-5-10(16)23-11(8)14-21-7-6-9(15(17,18)19)22-13(20)12(7)24(14)2;2*1-3-24-10-4-5-12(16)22-13(10)14-21-8-6-11(15(17,18)19)20-7-9(8)23(14)2;;;;/h4-6H,3H2,1-2H3;4-7H,3H2,1-2H3;4-6H,3H2,1-2H3;2*1H;;/q;;-1;;;+1;+2/p-2. The topological polar surface area (TPSA) is 131 Å². The van der Waals surface area contributed by atoms with E-state index < -0.39 is 35.6 Å². The maximum atomic E-state index is 13.0. The first-order chi connectivity index (χ1) is 35.3. The Hall–Kier alpha value is -2.87. The third-order valence-corrected chi connectivity index (χ3v) is 14.3. The Bertz CT molecular complexity index is 3370. The van der Waals surface area contributed by atoms with Crippen molar-refractivity contribution in [2.24, 2.45) is 21.1 Å². The van der Waals surface area contributed by atoms with Gasteiger partial charge in [-0.1, -0.05) is 61.8 Å². The molecule has 9 aromatic heterocycles. The van der Waals surface area contributed by atoms with Crippen LogP contribution >= 0.6 is 102 Å². The van der Waals surface area contributed by atoms with Crippen molar-refractivity contribution in [3.05, 3.63) is 103 Å². The molecule has 0 aliphatic rings. The Morgan fingerprint density at radius 2 is 0.935 bits per heavy atom. The zero-order valence-corrected chi connectivity index (χ0v) is 52.2.